The van der Waals surface area contributed by atoms with Gasteiger partial charge in [0.1, 0.15) is 5.82 Å². The van der Waals surface area contributed by atoms with Crippen LogP contribution in [0.1, 0.15) is 15.9 Å². The Balaban J connectivity index is 1.90. The van der Waals surface area contributed by atoms with Gasteiger partial charge in [-0.15, -0.1) is 0 Å². The molecule has 0 fully saturated rings. The topological polar surface area (TPSA) is 49.3 Å². The summed E-state index contributed by atoms with van der Waals surface area (Å²) in [6.07, 6.45) is -0.322. The SMILES string of the molecule is O=C(NCC(O)Cc1ccccc1)c1cc(Cl)ccc1F. The van der Waals surface area contributed by atoms with Crippen molar-refractivity contribution in [2.45, 2.75) is 12.5 Å². The van der Waals surface area contributed by atoms with Crippen LogP contribution in [0.3, 0.4) is 0 Å². The first kappa shape index (κ1) is 15.5. The average Bonchev–Trinajstić information content (AvgIpc) is 2.48. The van der Waals surface area contributed by atoms with Crippen molar-refractivity contribution < 1.29 is 14.3 Å². The zero-order chi connectivity index (χ0) is 15.2. The molecule has 2 rings (SSSR count). The van der Waals surface area contributed by atoms with Crippen LogP contribution in [0.15, 0.2) is 48.5 Å². The van der Waals surface area contributed by atoms with E-state index in [9.17, 15) is 14.3 Å². The van der Waals surface area contributed by atoms with Crippen LogP contribution in [0.5, 0.6) is 0 Å². The lowest BCUT2D eigenvalue weighted by Crippen LogP contribution is -2.33. The second-order valence-electron chi connectivity index (χ2n) is 4.68. The summed E-state index contributed by atoms with van der Waals surface area (Å²) in [6, 6.07) is 13.2. The minimum Gasteiger partial charge on any atom is -0.391 e. The highest BCUT2D eigenvalue weighted by Gasteiger charge is 2.14. The van der Waals surface area contributed by atoms with Crippen LogP contribution in [0.2, 0.25) is 5.02 Å². The van der Waals surface area contributed by atoms with E-state index in [1.54, 1.807) is 0 Å². The fourth-order valence-electron chi connectivity index (χ4n) is 1.94. The molecular formula is C16H15ClFNO2. The fraction of sp³-hybridized carbons (Fsp3) is 0.188. The Bertz CT molecular complexity index is 619. The van der Waals surface area contributed by atoms with Crippen molar-refractivity contribution in [3.8, 4) is 0 Å². The van der Waals surface area contributed by atoms with Gasteiger partial charge in [0.25, 0.3) is 5.91 Å². The molecule has 0 saturated heterocycles. The largest absolute Gasteiger partial charge is 0.391 e. The Hall–Kier alpha value is -1.91. The van der Waals surface area contributed by atoms with Gasteiger partial charge in [0.2, 0.25) is 0 Å². The standard InChI is InChI=1S/C16H15ClFNO2/c17-12-6-7-15(18)14(9-12)16(21)19-10-13(20)8-11-4-2-1-3-5-11/h1-7,9,13,20H,8,10H2,(H,19,21). The van der Waals surface area contributed by atoms with Crippen molar-refractivity contribution in [1.29, 1.82) is 0 Å². The third kappa shape index (κ3) is 4.55. The maximum absolute atomic E-state index is 13.5. The van der Waals surface area contributed by atoms with Gasteiger partial charge in [-0.25, -0.2) is 4.39 Å². The van der Waals surface area contributed by atoms with Crippen LogP contribution in [0, 0.1) is 5.82 Å². The Morgan fingerprint density at radius 2 is 1.95 bits per heavy atom. The number of carbonyl (C=O) groups is 1. The molecule has 110 valence electrons. The van der Waals surface area contributed by atoms with Crippen molar-refractivity contribution in [1.82, 2.24) is 5.32 Å². The number of amides is 1. The van der Waals surface area contributed by atoms with Gasteiger partial charge in [-0.1, -0.05) is 41.9 Å². The Morgan fingerprint density at radius 1 is 1.24 bits per heavy atom. The predicted octanol–water partition coefficient (Wildman–Crippen LogP) is 2.81. The summed E-state index contributed by atoms with van der Waals surface area (Å²) in [5, 5.41) is 12.7. The molecule has 1 amide bonds. The monoisotopic (exact) mass is 307 g/mol. The van der Waals surface area contributed by atoms with Crippen LogP contribution in [-0.4, -0.2) is 23.7 Å². The molecule has 0 aliphatic heterocycles. The minimum atomic E-state index is -0.737. The number of hydrogen-bond donors (Lipinski definition) is 2. The van der Waals surface area contributed by atoms with Gasteiger partial charge in [-0.3, -0.25) is 4.79 Å². The quantitative estimate of drug-likeness (QED) is 0.892. The maximum Gasteiger partial charge on any atom is 0.254 e. The summed E-state index contributed by atoms with van der Waals surface area (Å²) in [7, 11) is 0. The number of carbonyl (C=O) groups excluding carboxylic acids is 1. The first-order chi connectivity index (χ1) is 10.1. The molecule has 2 aromatic carbocycles. The van der Waals surface area contributed by atoms with E-state index in [1.165, 1.54) is 12.1 Å². The van der Waals surface area contributed by atoms with E-state index in [-0.39, 0.29) is 17.1 Å². The molecule has 1 unspecified atom stereocenters. The first-order valence-electron chi connectivity index (χ1n) is 6.51. The van der Waals surface area contributed by atoms with Crippen molar-refractivity contribution in [3.05, 3.63) is 70.5 Å². The van der Waals surface area contributed by atoms with Crippen molar-refractivity contribution in [2.75, 3.05) is 6.54 Å². The second kappa shape index (κ2) is 7.20. The van der Waals surface area contributed by atoms with Crippen molar-refractivity contribution in [3.63, 3.8) is 0 Å². The first-order valence-corrected chi connectivity index (χ1v) is 6.89. The molecule has 0 aliphatic carbocycles. The Kier molecular flexibility index (Phi) is 5.31. The number of aliphatic hydroxyl groups excluding tert-OH is 1. The number of rotatable bonds is 5. The highest BCUT2D eigenvalue weighted by molar-refractivity contribution is 6.30. The molecule has 0 saturated carbocycles. The van der Waals surface area contributed by atoms with Gasteiger partial charge in [0.05, 0.1) is 11.7 Å². The number of aliphatic hydroxyl groups is 1. The number of halogens is 2. The van der Waals surface area contributed by atoms with Crippen molar-refractivity contribution >= 4 is 17.5 Å². The van der Waals surface area contributed by atoms with Gasteiger partial charge in [-0.2, -0.15) is 0 Å². The summed E-state index contributed by atoms with van der Waals surface area (Å²) >= 11 is 5.73. The Morgan fingerprint density at radius 3 is 2.67 bits per heavy atom. The van der Waals surface area contributed by atoms with Crippen molar-refractivity contribution in [2.24, 2.45) is 0 Å². The highest BCUT2D eigenvalue weighted by Crippen LogP contribution is 2.14. The Labute approximate surface area is 127 Å². The number of hydrogen-bond acceptors (Lipinski definition) is 2. The van der Waals surface area contributed by atoms with Crippen LogP contribution in [0.4, 0.5) is 4.39 Å². The van der Waals surface area contributed by atoms with E-state index < -0.39 is 17.8 Å². The van der Waals surface area contributed by atoms with E-state index in [0.717, 1.165) is 11.6 Å². The molecule has 2 N–H and O–H groups in total. The number of benzene rings is 2. The molecule has 5 heteroatoms. The number of nitrogens with one attached hydrogen (secondary N) is 1. The van der Waals surface area contributed by atoms with E-state index in [2.05, 4.69) is 5.32 Å². The third-order valence-electron chi connectivity index (χ3n) is 2.99. The van der Waals surface area contributed by atoms with Crippen LogP contribution < -0.4 is 5.32 Å². The molecule has 0 bridgehead atoms. The van der Waals surface area contributed by atoms with Gasteiger partial charge in [0.15, 0.2) is 0 Å². The average molecular weight is 308 g/mol. The van der Waals surface area contributed by atoms with E-state index >= 15 is 0 Å². The highest BCUT2D eigenvalue weighted by atomic mass is 35.5. The maximum atomic E-state index is 13.5. The second-order valence-corrected chi connectivity index (χ2v) is 5.11. The van der Waals surface area contributed by atoms with Crippen LogP contribution in [0.25, 0.3) is 0 Å². The fourth-order valence-corrected chi connectivity index (χ4v) is 2.11. The third-order valence-corrected chi connectivity index (χ3v) is 3.22. The van der Waals surface area contributed by atoms with Gasteiger partial charge in [0, 0.05) is 18.0 Å². The van der Waals surface area contributed by atoms with E-state index in [1.807, 2.05) is 30.3 Å². The van der Waals surface area contributed by atoms with Gasteiger partial charge in [-0.05, 0) is 23.8 Å². The molecule has 1 atom stereocenters. The molecule has 0 aromatic heterocycles. The molecule has 3 nitrogen and oxygen atoms in total. The predicted molar refractivity (Wildman–Crippen MR) is 79.9 cm³/mol. The molecule has 0 aliphatic rings. The zero-order valence-electron chi connectivity index (χ0n) is 11.2. The molecule has 0 radical (unpaired) electrons. The lowest BCUT2D eigenvalue weighted by atomic mass is 10.1. The van der Waals surface area contributed by atoms with Gasteiger partial charge < -0.3 is 10.4 Å². The van der Waals surface area contributed by atoms with E-state index in [4.69, 9.17) is 11.6 Å². The van der Waals surface area contributed by atoms with Crippen LogP contribution >= 0.6 is 11.6 Å². The minimum absolute atomic E-state index is 0.0414. The summed E-state index contributed by atoms with van der Waals surface area (Å²) < 4.78 is 13.5. The smallest absolute Gasteiger partial charge is 0.254 e. The molecule has 2 aromatic rings. The molecular weight excluding hydrogens is 293 g/mol. The van der Waals surface area contributed by atoms with Crippen LogP contribution in [-0.2, 0) is 6.42 Å². The lowest BCUT2D eigenvalue weighted by molar-refractivity contribution is 0.0912. The molecule has 21 heavy (non-hydrogen) atoms. The summed E-state index contributed by atoms with van der Waals surface area (Å²) in [5.41, 5.74) is 0.836. The summed E-state index contributed by atoms with van der Waals surface area (Å²) in [5.74, 6) is -1.24. The molecule has 0 heterocycles. The summed E-state index contributed by atoms with van der Waals surface area (Å²) in [6.45, 7) is 0.0414. The van der Waals surface area contributed by atoms with Gasteiger partial charge >= 0.3 is 0 Å². The summed E-state index contributed by atoms with van der Waals surface area (Å²) in [4.78, 5) is 11.9. The normalized spacial score (nSPS) is 12.0. The zero-order valence-corrected chi connectivity index (χ0v) is 12.0. The lowest BCUT2D eigenvalue weighted by Gasteiger charge is -2.12. The molecule has 0 spiro atoms. The van der Waals surface area contributed by atoms with E-state index in [0.29, 0.717) is 6.42 Å².